The number of nitrogens with one attached hydrogen (secondary N) is 1. The zero-order valence-electron chi connectivity index (χ0n) is 11.6. The lowest BCUT2D eigenvalue weighted by Crippen LogP contribution is -2.09. The third-order valence-corrected chi connectivity index (χ3v) is 4.09. The molecule has 1 aromatic carbocycles. The molecule has 0 saturated carbocycles. The smallest absolute Gasteiger partial charge is 0.379 e. The summed E-state index contributed by atoms with van der Waals surface area (Å²) in [6.07, 6.45) is -0.519. The van der Waals surface area contributed by atoms with Crippen molar-refractivity contribution in [1.29, 1.82) is 0 Å². The normalized spacial score (nSPS) is 14.7. The summed E-state index contributed by atoms with van der Waals surface area (Å²) in [5.41, 5.74) is 1.35. The van der Waals surface area contributed by atoms with Crippen molar-refractivity contribution in [1.82, 2.24) is 5.16 Å². The second-order valence-electron chi connectivity index (χ2n) is 5.28. The maximum Gasteiger partial charge on any atom is 0.417 e. The second-order valence-corrected chi connectivity index (χ2v) is 5.69. The first-order valence-corrected chi connectivity index (χ1v) is 7.40. The minimum Gasteiger partial charge on any atom is -0.379 e. The average Bonchev–Trinajstić information content (AvgIpc) is 2.88. The first-order valence-electron chi connectivity index (χ1n) is 7.02. The molecule has 3 nitrogen and oxygen atoms in total. The van der Waals surface area contributed by atoms with E-state index in [9.17, 15) is 13.2 Å². The van der Waals surface area contributed by atoms with Crippen LogP contribution in [0.1, 0.15) is 35.4 Å². The molecule has 1 aromatic heterocycles. The molecular formula is C15H14ClF3N2O. The van der Waals surface area contributed by atoms with Gasteiger partial charge in [-0.15, -0.1) is 0 Å². The number of fused-ring (bicyclic) bond motifs is 1. The molecule has 0 atom stereocenters. The summed E-state index contributed by atoms with van der Waals surface area (Å²) in [5, 5.41) is 6.66. The van der Waals surface area contributed by atoms with Crippen molar-refractivity contribution in [2.45, 2.75) is 38.4 Å². The van der Waals surface area contributed by atoms with Crippen LogP contribution in [0, 0.1) is 0 Å². The number of hydrogen-bond acceptors (Lipinski definition) is 3. The van der Waals surface area contributed by atoms with Gasteiger partial charge in [0.05, 0.1) is 17.1 Å². The molecule has 7 heteroatoms. The van der Waals surface area contributed by atoms with E-state index in [-0.39, 0.29) is 5.02 Å². The molecule has 118 valence electrons. The lowest BCUT2D eigenvalue weighted by molar-refractivity contribution is -0.137. The molecule has 1 N–H and O–H groups in total. The number of hydrogen-bond donors (Lipinski definition) is 1. The largest absolute Gasteiger partial charge is 0.417 e. The van der Waals surface area contributed by atoms with Gasteiger partial charge in [0.25, 0.3) is 0 Å². The van der Waals surface area contributed by atoms with Crippen molar-refractivity contribution >= 4 is 17.3 Å². The van der Waals surface area contributed by atoms with Crippen LogP contribution >= 0.6 is 11.6 Å². The van der Waals surface area contributed by atoms with Gasteiger partial charge in [0.15, 0.2) is 0 Å². The number of benzene rings is 1. The molecule has 1 aliphatic carbocycles. The van der Waals surface area contributed by atoms with Gasteiger partial charge in [0.1, 0.15) is 11.5 Å². The van der Waals surface area contributed by atoms with Crippen LogP contribution in [0.15, 0.2) is 22.7 Å². The van der Waals surface area contributed by atoms with E-state index in [2.05, 4.69) is 10.5 Å². The second kappa shape index (κ2) is 5.83. The van der Waals surface area contributed by atoms with E-state index in [0.717, 1.165) is 48.8 Å². The van der Waals surface area contributed by atoms with Gasteiger partial charge < -0.3 is 9.84 Å². The molecule has 0 saturated heterocycles. The molecule has 22 heavy (non-hydrogen) atoms. The number of aryl methyl sites for hydroxylation is 1. The molecule has 0 amide bonds. The fourth-order valence-electron chi connectivity index (χ4n) is 2.63. The highest BCUT2D eigenvalue weighted by Gasteiger charge is 2.33. The standard InChI is InChI=1S/C15H14ClF3N2O/c16-12-6-5-9(7-11(12)15(17,18)19)20-8-13-10-3-1-2-4-14(10)22-21-13/h5-7,20H,1-4,8H2. The predicted molar refractivity (Wildman–Crippen MR) is 76.9 cm³/mol. The maximum atomic E-state index is 12.8. The highest BCUT2D eigenvalue weighted by Crippen LogP contribution is 2.36. The molecule has 1 aliphatic rings. The molecule has 0 spiro atoms. The first kappa shape index (κ1) is 15.2. The molecule has 1 heterocycles. The van der Waals surface area contributed by atoms with E-state index in [1.807, 2.05) is 0 Å². The average molecular weight is 331 g/mol. The summed E-state index contributed by atoms with van der Waals surface area (Å²) in [7, 11) is 0. The van der Waals surface area contributed by atoms with Gasteiger partial charge in [0, 0.05) is 17.7 Å². The van der Waals surface area contributed by atoms with Crippen LogP contribution in [0.5, 0.6) is 0 Å². The number of nitrogens with zero attached hydrogens (tertiary/aromatic N) is 1. The summed E-state index contributed by atoms with van der Waals surface area (Å²) in [4.78, 5) is 0. The van der Waals surface area contributed by atoms with E-state index in [1.165, 1.54) is 12.1 Å². The van der Waals surface area contributed by atoms with Gasteiger partial charge >= 0.3 is 6.18 Å². The van der Waals surface area contributed by atoms with Crippen LogP contribution in [-0.4, -0.2) is 5.16 Å². The lowest BCUT2D eigenvalue weighted by Gasteiger charge is -2.13. The van der Waals surface area contributed by atoms with E-state index in [4.69, 9.17) is 16.1 Å². The topological polar surface area (TPSA) is 38.1 Å². The molecule has 0 radical (unpaired) electrons. The fourth-order valence-corrected chi connectivity index (χ4v) is 2.85. The number of rotatable bonds is 3. The minimum atomic E-state index is -4.47. The highest BCUT2D eigenvalue weighted by atomic mass is 35.5. The van der Waals surface area contributed by atoms with Gasteiger partial charge in [-0.2, -0.15) is 13.2 Å². The number of anilines is 1. The maximum absolute atomic E-state index is 12.8. The van der Waals surface area contributed by atoms with Crippen molar-refractivity contribution in [3.63, 3.8) is 0 Å². The Labute approximate surface area is 130 Å². The van der Waals surface area contributed by atoms with Gasteiger partial charge in [-0.25, -0.2) is 0 Å². The number of aromatic nitrogens is 1. The highest BCUT2D eigenvalue weighted by molar-refractivity contribution is 6.31. The Kier molecular flexibility index (Phi) is 4.04. The zero-order chi connectivity index (χ0) is 15.7. The SMILES string of the molecule is FC(F)(F)c1cc(NCc2noc3c2CCCC3)ccc1Cl. The van der Waals surface area contributed by atoms with Gasteiger partial charge in [0.2, 0.25) is 0 Å². The Morgan fingerprint density at radius 3 is 2.77 bits per heavy atom. The molecule has 2 aromatic rings. The van der Waals surface area contributed by atoms with E-state index >= 15 is 0 Å². The Hall–Kier alpha value is -1.69. The molecular weight excluding hydrogens is 317 g/mol. The van der Waals surface area contributed by atoms with Crippen LogP contribution in [-0.2, 0) is 25.6 Å². The summed E-state index contributed by atoms with van der Waals surface area (Å²) >= 11 is 5.60. The Morgan fingerprint density at radius 2 is 2.00 bits per heavy atom. The third-order valence-electron chi connectivity index (χ3n) is 3.76. The first-order chi connectivity index (χ1) is 10.4. The van der Waals surface area contributed by atoms with Gasteiger partial charge in [-0.3, -0.25) is 0 Å². The lowest BCUT2D eigenvalue weighted by atomic mass is 9.96. The van der Waals surface area contributed by atoms with Crippen molar-refractivity contribution in [2.75, 3.05) is 5.32 Å². The van der Waals surface area contributed by atoms with Crippen LogP contribution in [0.25, 0.3) is 0 Å². The zero-order valence-corrected chi connectivity index (χ0v) is 12.4. The van der Waals surface area contributed by atoms with Crippen LogP contribution in [0.2, 0.25) is 5.02 Å². The van der Waals surface area contributed by atoms with E-state index in [1.54, 1.807) is 0 Å². The van der Waals surface area contributed by atoms with E-state index in [0.29, 0.717) is 12.2 Å². The molecule has 0 bridgehead atoms. The fraction of sp³-hybridized carbons (Fsp3) is 0.400. The van der Waals surface area contributed by atoms with Crippen LogP contribution in [0.4, 0.5) is 18.9 Å². The molecule has 3 rings (SSSR count). The summed E-state index contributed by atoms with van der Waals surface area (Å²) in [5.74, 6) is 0.898. The van der Waals surface area contributed by atoms with Crippen molar-refractivity contribution in [3.8, 4) is 0 Å². The van der Waals surface area contributed by atoms with Crippen molar-refractivity contribution in [3.05, 3.63) is 45.8 Å². The minimum absolute atomic E-state index is 0.308. The summed E-state index contributed by atoms with van der Waals surface area (Å²) in [6, 6.07) is 3.77. The Balaban J connectivity index is 1.76. The monoisotopic (exact) mass is 330 g/mol. The third kappa shape index (κ3) is 3.06. The van der Waals surface area contributed by atoms with Crippen LogP contribution < -0.4 is 5.32 Å². The molecule has 0 aliphatic heterocycles. The van der Waals surface area contributed by atoms with E-state index < -0.39 is 11.7 Å². The van der Waals surface area contributed by atoms with Crippen molar-refractivity contribution < 1.29 is 17.7 Å². The van der Waals surface area contributed by atoms with Gasteiger partial charge in [-0.1, -0.05) is 16.8 Å². The molecule has 0 unspecified atom stereocenters. The van der Waals surface area contributed by atoms with Crippen LogP contribution in [0.3, 0.4) is 0 Å². The quantitative estimate of drug-likeness (QED) is 0.875. The Bertz CT molecular complexity index is 682. The number of halogens is 4. The summed E-state index contributed by atoms with van der Waals surface area (Å²) < 4.78 is 43.8. The Morgan fingerprint density at radius 1 is 1.23 bits per heavy atom. The molecule has 0 fully saturated rings. The predicted octanol–water partition coefficient (Wildman–Crippen LogP) is 4.84. The number of alkyl halides is 3. The van der Waals surface area contributed by atoms with Crippen molar-refractivity contribution in [2.24, 2.45) is 0 Å². The summed E-state index contributed by atoms with van der Waals surface area (Å²) in [6.45, 7) is 0.331. The van der Waals surface area contributed by atoms with Gasteiger partial charge in [-0.05, 0) is 37.5 Å².